The Balaban J connectivity index is 3.22. The van der Waals surface area contributed by atoms with Gasteiger partial charge in [-0.3, -0.25) is 0 Å². The van der Waals surface area contributed by atoms with E-state index in [1.165, 1.54) is 0 Å². The molecule has 1 atom stereocenters. The highest BCUT2D eigenvalue weighted by atomic mass is 19.1. The van der Waals surface area contributed by atoms with Crippen molar-refractivity contribution in [3.05, 3.63) is 29.6 Å². The lowest BCUT2D eigenvalue weighted by molar-refractivity contribution is 0.530. The van der Waals surface area contributed by atoms with Gasteiger partial charge in [0.2, 0.25) is 0 Å². The monoisotopic (exact) mass is 280 g/mol. The number of rotatable bonds is 7. The van der Waals surface area contributed by atoms with Crippen LogP contribution in [0, 0.1) is 17.7 Å². The molecule has 0 spiro atoms. The SMILES string of the molecule is CNC(C)c1cccc(F)c1N(CC(C)C)CC(C)C. The third-order valence-corrected chi connectivity index (χ3v) is 3.40. The average Bonchev–Trinajstić information content (AvgIpc) is 2.35. The number of benzene rings is 1. The van der Waals surface area contributed by atoms with Crippen LogP contribution >= 0.6 is 0 Å². The fourth-order valence-corrected chi connectivity index (χ4v) is 2.51. The Labute approximate surface area is 123 Å². The minimum atomic E-state index is -0.120. The largest absolute Gasteiger partial charge is 0.368 e. The zero-order chi connectivity index (χ0) is 15.3. The third-order valence-electron chi connectivity index (χ3n) is 3.40. The van der Waals surface area contributed by atoms with Crippen LogP contribution in [0.4, 0.5) is 10.1 Å². The van der Waals surface area contributed by atoms with Crippen molar-refractivity contribution in [2.24, 2.45) is 11.8 Å². The normalized spacial score (nSPS) is 13.1. The Bertz CT molecular complexity index is 405. The summed E-state index contributed by atoms with van der Waals surface area (Å²) in [7, 11) is 1.91. The van der Waals surface area contributed by atoms with E-state index in [-0.39, 0.29) is 11.9 Å². The molecule has 0 aromatic heterocycles. The second kappa shape index (κ2) is 7.63. The second-order valence-electron chi connectivity index (χ2n) is 6.38. The van der Waals surface area contributed by atoms with E-state index in [0.29, 0.717) is 11.8 Å². The molecule has 2 nitrogen and oxygen atoms in total. The van der Waals surface area contributed by atoms with Gasteiger partial charge in [-0.25, -0.2) is 4.39 Å². The first-order valence-electron chi connectivity index (χ1n) is 7.57. The summed E-state index contributed by atoms with van der Waals surface area (Å²) in [5.41, 5.74) is 1.80. The fourth-order valence-electron chi connectivity index (χ4n) is 2.51. The van der Waals surface area contributed by atoms with Gasteiger partial charge in [-0.2, -0.15) is 0 Å². The molecular formula is C17H29FN2. The van der Waals surface area contributed by atoms with Gasteiger partial charge in [0.25, 0.3) is 0 Å². The number of nitrogens with zero attached hydrogens (tertiary/aromatic N) is 1. The van der Waals surface area contributed by atoms with Gasteiger partial charge in [-0.1, -0.05) is 39.8 Å². The number of para-hydroxylation sites is 1. The van der Waals surface area contributed by atoms with Gasteiger partial charge in [0.1, 0.15) is 5.82 Å². The molecule has 1 unspecified atom stereocenters. The molecule has 0 bridgehead atoms. The number of anilines is 1. The summed E-state index contributed by atoms with van der Waals surface area (Å²) in [6.07, 6.45) is 0. The van der Waals surface area contributed by atoms with Crippen molar-refractivity contribution in [2.75, 3.05) is 25.0 Å². The van der Waals surface area contributed by atoms with Crippen LogP contribution in [0.1, 0.15) is 46.2 Å². The molecule has 0 fully saturated rings. The number of hydrogen-bond donors (Lipinski definition) is 1. The predicted molar refractivity (Wildman–Crippen MR) is 85.8 cm³/mol. The molecule has 1 aromatic rings. The molecule has 0 aliphatic rings. The van der Waals surface area contributed by atoms with E-state index in [1.807, 2.05) is 13.1 Å². The van der Waals surface area contributed by atoms with E-state index >= 15 is 0 Å². The molecule has 1 N–H and O–H groups in total. The molecule has 0 amide bonds. The summed E-state index contributed by atoms with van der Waals surface area (Å²) in [4.78, 5) is 2.20. The van der Waals surface area contributed by atoms with E-state index in [2.05, 4.69) is 44.8 Å². The smallest absolute Gasteiger partial charge is 0.146 e. The molecule has 0 saturated heterocycles. The van der Waals surface area contributed by atoms with Crippen LogP contribution in [0.15, 0.2) is 18.2 Å². The molecule has 0 radical (unpaired) electrons. The van der Waals surface area contributed by atoms with Crippen molar-refractivity contribution >= 4 is 5.69 Å². The van der Waals surface area contributed by atoms with E-state index in [1.54, 1.807) is 12.1 Å². The zero-order valence-corrected chi connectivity index (χ0v) is 13.7. The van der Waals surface area contributed by atoms with Gasteiger partial charge in [0, 0.05) is 19.1 Å². The first-order valence-corrected chi connectivity index (χ1v) is 7.57. The lowest BCUT2D eigenvalue weighted by Crippen LogP contribution is -2.33. The lowest BCUT2D eigenvalue weighted by Gasteiger charge is -2.32. The summed E-state index contributed by atoms with van der Waals surface area (Å²) in [6, 6.07) is 5.52. The van der Waals surface area contributed by atoms with Crippen molar-refractivity contribution < 1.29 is 4.39 Å². The first-order chi connectivity index (χ1) is 9.36. The van der Waals surface area contributed by atoms with Gasteiger partial charge in [-0.15, -0.1) is 0 Å². The van der Waals surface area contributed by atoms with Crippen LogP contribution in [0.5, 0.6) is 0 Å². The number of hydrogen-bond acceptors (Lipinski definition) is 2. The lowest BCUT2D eigenvalue weighted by atomic mass is 10.0. The topological polar surface area (TPSA) is 15.3 Å². The summed E-state index contributed by atoms with van der Waals surface area (Å²) >= 11 is 0. The predicted octanol–water partition coefficient (Wildman–Crippen LogP) is 4.22. The minimum absolute atomic E-state index is 0.120. The molecule has 0 heterocycles. The van der Waals surface area contributed by atoms with E-state index in [4.69, 9.17) is 0 Å². The van der Waals surface area contributed by atoms with Crippen LogP contribution in [0.2, 0.25) is 0 Å². The van der Waals surface area contributed by atoms with Gasteiger partial charge >= 0.3 is 0 Å². The highest BCUT2D eigenvalue weighted by Gasteiger charge is 2.20. The van der Waals surface area contributed by atoms with E-state index in [9.17, 15) is 4.39 Å². The Kier molecular flexibility index (Phi) is 6.47. The van der Waals surface area contributed by atoms with Crippen LogP contribution < -0.4 is 10.2 Å². The maximum Gasteiger partial charge on any atom is 0.146 e. The summed E-state index contributed by atoms with van der Waals surface area (Å²) < 4.78 is 14.4. The first kappa shape index (κ1) is 17.0. The van der Waals surface area contributed by atoms with E-state index < -0.39 is 0 Å². The third kappa shape index (κ3) is 4.48. The van der Waals surface area contributed by atoms with Gasteiger partial charge in [0.15, 0.2) is 0 Å². The second-order valence-corrected chi connectivity index (χ2v) is 6.38. The molecule has 0 aliphatic carbocycles. The molecule has 20 heavy (non-hydrogen) atoms. The van der Waals surface area contributed by atoms with Gasteiger partial charge in [0.05, 0.1) is 5.69 Å². The summed E-state index contributed by atoms with van der Waals surface area (Å²) in [6.45, 7) is 12.5. The highest BCUT2D eigenvalue weighted by molar-refractivity contribution is 5.56. The summed E-state index contributed by atoms with van der Waals surface area (Å²) in [5.74, 6) is 0.892. The Morgan fingerprint density at radius 2 is 1.60 bits per heavy atom. The van der Waals surface area contributed by atoms with Crippen LogP contribution in [-0.4, -0.2) is 20.1 Å². The van der Waals surface area contributed by atoms with Crippen LogP contribution in [-0.2, 0) is 0 Å². The fraction of sp³-hybridized carbons (Fsp3) is 0.647. The highest BCUT2D eigenvalue weighted by Crippen LogP contribution is 2.30. The number of halogens is 1. The van der Waals surface area contributed by atoms with Crippen molar-refractivity contribution in [3.8, 4) is 0 Å². The van der Waals surface area contributed by atoms with Crippen molar-refractivity contribution in [1.29, 1.82) is 0 Å². The molecule has 114 valence electrons. The average molecular weight is 280 g/mol. The van der Waals surface area contributed by atoms with E-state index in [0.717, 1.165) is 24.3 Å². The number of nitrogens with one attached hydrogen (secondary N) is 1. The van der Waals surface area contributed by atoms with Crippen LogP contribution in [0.25, 0.3) is 0 Å². The molecule has 1 rings (SSSR count). The Morgan fingerprint density at radius 1 is 1.05 bits per heavy atom. The molecule has 0 aliphatic heterocycles. The molecule has 1 aromatic carbocycles. The molecule has 3 heteroatoms. The van der Waals surface area contributed by atoms with Gasteiger partial charge in [-0.05, 0) is 37.4 Å². The standard InChI is InChI=1S/C17H29FN2/c1-12(2)10-20(11-13(3)4)17-15(14(5)19-6)8-7-9-16(17)18/h7-9,12-14,19H,10-11H2,1-6H3. The maximum atomic E-state index is 14.4. The molecular weight excluding hydrogens is 251 g/mol. The van der Waals surface area contributed by atoms with Crippen molar-refractivity contribution in [2.45, 2.75) is 40.7 Å². The van der Waals surface area contributed by atoms with Gasteiger partial charge < -0.3 is 10.2 Å². The Hall–Kier alpha value is -1.09. The maximum absolute atomic E-state index is 14.4. The van der Waals surface area contributed by atoms with Crippen LogP contribution in [0.3, 0.4) is 0 Å². The molecule has 0 saturated carbocycles. The quantitative estimate of drug-likeness (QED) is 0.804. The Morgan fingerprint density at radius 3 is 2.05 bits per heavy atom. The van der Waals surface area contributed by atoms with Crippen molar-refractivity contribution in [3.63, 3.8) is 0 Å². The minimum Gasteiger partial charge on any atom is -0.368 e. The zero-order valence-electron chi connectivity index (χ0n) is 13.7. The van der Waals surface area contributed by atoms with Crippen molar-refractivity contribution in [1.82, 2.24) is 5.32 Å². The summed E-state index contributed by atoms with van der Waals surface area (Å²) in [5, 5.41) is 3.22.